The SMILES string of the molecule is CC(=O)CN1CCN(c2cc3c(cc2F)c(=O)c(C(=O)O)cn3C2CC2)CC1. The van der Waals surface area contributed by atoms with Crippen LogP contribution in [0.15, 0.2) is 23.1 Å². The minimum absolute atomic E-state index is 0.100. The molecule has 0 atom stereocenters. The van der Waals surface area contributed by atoms with E-state index in [0.29, 0.717) is 43.9 Å². The number of benzene rings is 1. The van der Waals surface area contributed by atoms with Gasteiger partial charge in [0.1, 0.15) is 17.2 Å². The number of ketones is 1. The number of Topliss-reactive ketones (excluding diaryl/α,β-unsaturated/α-hetero) is 1. The summed E-state index contributed by atoms with van der Waals surface area (Å²) >= 11 is 0. The summed E-state index contributed by atoms with van der Waals surface area (Å²) < 4.78 is 16.7. The van der Waals surface area contributed by atoms with Crippen molar-refractivity contribution in [2.24, 2.45) is 0 Å². The smallest absolute Gasteiger partial charge is 0.341 e. The Labute approximate surface area is 161 Å². The number of piperazine rings is 1. The van der Waals surface area contributed by atoms with Crippen LogP contribution in [0.5, 0.6) is 0 Å². The number of aromatic carboxylic acids is 1. The fraction of sp³-hybridized carbons (Fsp3) is 0.450. The number of fused-ring (bicyclic) bond motifs is 1. The van der Waals surface area contributed by atoms with Gasteiger partial charge in [0, 0.05) is 43.8 Å². The Balaban J connectivity index is 1.73. The number of carboxylic acid groups (broad SMARTS) is 1. The first kappa shape index (κ1) is 18.6. The Morgan fingerprint density at radius 2 is 1.86 bits per heavy atom. The van der Waals surface area contributed by atoms with Gasteiger partial charge >= 0.3 is 5.97 Å². The van der Waals surface area contributed by atoms with Crippen molar-refractivity contribution in [3.05, 3.63) is 39.9 Å². The Morgan fingerprint density at radius 1 is 1.18 bits per heavy atom. The van der Waals surface area contributed by atoms with E-state index in [-0.39, 0.29) is 22.8 Å². The van der Waals surface area contributed by atoms with Crippen LogP contribution in [-0.2, 0) is 4.79 Å². The third kappa shape index (κ3) is 3.40. The molecule has 2 aromatic rings. The lowest BCUT2D eigenvalue weighted by molar-refractivity contribution is -0.118. The quantitative estimate of drug-likeness (QED) is 0.844. The van der Waals surface area contributed by atoms with Crippen molar-refractivity contribution < 1.29 is 19.1 Å². The van der Waals surface area contributed by atoms with Crippen LogP contribution in [0.1, 0.15) is 36.2 Å². The zero-order chi connectivity index (χ0) is 20.0. The second kappa shape index (κ2) is 7.01. The molecular weight excluding hydrogens is 365 g/mol. The third-order valence-corrected chi connectivity index (χ3v) is 5.43. The number of nitrogens with zero attached hydrogens (tertiary/aromatic N) is 3. The Hall–Kier alpha value is -2.74. The number of carboxylic acids is 1. The van der Waals surface area contributed by atoms with Crippen LogP contribution in [0.4, 0.5) is 10.1 Å². The molecule has 1 saturated heterocycles. The normalized spacial score (nSPS) is 17.9. The van der Waals surface area contributed by atoms with E-state index in [9.17, 15) is 23.9 Å². The highest BCUT2D eigenvalue weighted by molar-refractivity contribution is 5.93. The van der Waals surface area contributed by atoms with Gasteiger partial charge in [-0.15, -0.1) is 0 Å². The van der Waals surface area contributed by atoms with Crippen molar-refractivity contribution in [2.75, 3.05) is 37.6 Å². The molecule has 4 rings (SSSR count). The van der Waals surface area contributed by atoms with Crippen LogP contribution in [0, 0.1) is 5.82 Å². The van der Waals surface area contributed by atoms with E-state index in [1.54, 1.807) is 17.6 Å². The summed E-state index contributed by atoms with van der Waals surface area (Å²) in [6, 6.07) is 2.98. The number of carbonyl (C=O) groups is 2. The first-order valence-corrected chi connectivity index (χ1v) is 9.43. The largest absolute Gasteiger partial charge is 0.477 e. The highest BCUT2D eigenvalue weighted by Gasteiger charge is 2.28. The molecule has 0 spiro atoms. The lowest BCUT2D eigenvalue weighted by Gasteiger charge is -2.35. The zero-order valence-corrected chi connectivity index (χ0v) is 15.7. The fourth-order valence-electron chi connectivity index (χ4n) is 3.87. The van der Waals surface area contributed by atoms with Gasteiger partial charge in [-0.05, 0) is 31.9 Å². The van der Waals surface area contributed by atoms with Crippen molar-refractivity contribution in [3.63, 3.8) is 0 Å². The minimum Gasteiger partial charge on any atom is -0.477 e. The summed E-state index contributed by atoms with van der Waals surface area (Å²) in [7, 11) is 0. The monoisotopic (exact) mass is 387 g/mol. The van der Waals surface area contributed by atoms with Gasteiger partial charge in [0.25, 0.3) is 0 Å². The molecule has 1 saturated carbocycles. The highest BCUT2D eigenvalue weighted by Crippen LogP contribution is 2.38. The van der Waals surface area contributed by atoms with E-state index in [1.165, 1.54) is 12.3 Å². The molecule has 1 aromatic heterocycles. The molecule has 2 fully saturated rings. The summed E-state index contributed by atoms with van der Waals surface area (Å²) in [6.45, 7) is 4.42. The Morgan fingerprint density at radius 3 is 2.43 bits per heavy atom. The number of anilines is 1. The van der Waals surface area contributed by atoms with Crippen LogP contribution in [-0.4, -0.2) is 59.0 Å². The molecule has 0 amide bonds. The molecule has 2 aliphatic rings. The maximum Gasteiger partial charge on any atom is 0.341 e. The van der Waals surface area contributed by atoms with Crippen molar-refractivity contribution >= 4 is 28.3 Å². The van der Waals surface area contributed by atoms with Gasteiger partial charge in [-0.2, -0.15) is 0 Å². The van der Waals surface area contributed by atoms with Crippen molar-refractivity contribution in [1.82, 2.24) is 9.47 Å². The number of aromatic nitrogens is 1. The molecule has 0 radical (unpaired) electrons. The molecule has 0 bridgehead atoms. The van der Waals surface area contributed by atoms with E-state index in [2.05, 4.69) is 0 Å². The van der Waals surface area contributed by atoms with Crippen LogP contribution >= 0.6 is 0 Å². The van der Waals surface area contributed by atoms with Crippen LogP contribution in [0.25, 0.3) is 10.9 Å². The Bertz CT molecular complexity index is 1020. The van der Waals surface area contributed by atoms with Gasteiger partial charge in [0.15, 0.2) is 0 Å². The maximum absolute atomic E-state index is 14.9. The molecular formula is C20H22FN3O4. The van der Waals surface area contributed by atoms with Gasteiger partial charge in [0.2, 0.25) is 5.43 Å². The summed E-state index contributed by atoms with van der Waals surface area (Å²) in [4.78, 5) is 39.2. The third-order valence-electron chi connectivity index (χ3n) is 5.43. The van der Waals surface area contributed by atoms with E-state index < -0.39 is 17.2 Å². The number of pyridine rings is 1. The minimum atomic E-state index is -1.30. The fourth-order valence-corrected chi connectivity index (χ4v) is 3.87. The zero-order valence-electron chi connectivity index (χ0n) is 15.7. The first-order valence-electron chi connectivity index (χ1n) is 9.43. The number of rotatable bonds is 5. The van der Waals surface area contributed by atoms with Crippen LogP contribution < -0.4 is 10.3 Å². The molecule has 1 N–H and O–H groups in total. The second-order valence-electron chi connectivity index (χ2n) is 7.60. The first-order chi connectivity index (χ1) is 13.3. The predicted octanol–water partition coefficient (Wildman–Crippen LogP) is 1.88. The maximum atomic E-state index is 14.9. The highest BCUT2D eigenvalue weighted by atomic mass is 19.1. The van der Waals surface area contributed by atoms with Crippen molar-refractivity contribution in [1.29, 1.82) is 0 Å². The Kier molecular flexibility index (Phi) is 4.66. The average molecular weight is 387 g/mol. The molecule has 1 aliphatic heterocycles. The molecule has 1 aliphatic carbocycles. The van der Waals surface area contributed by atoms with Gasteiger partial charge in [-0.25, -0.2) is 9.18 Å². The molecule has 1 aromatic carbocycles. The van der Waals surface area contributed by atoms with Gasteiger partial charge in [-0.3, -0.25) is 14.5 Å². The molecule has 2 heterocycles. The predicted molar refractivity (Wildman–Crippen MR) is 103 cm³/mol. The van der Waals surface area contributed by atoms with Crippen molar-refractivity contribution in [3.8, 4) is 0 Å². The lowest BCUT2D eigenvalue weighted by atomic mass is 10.1. The number of hydrogen-bond acceptors (Lipinski definition) is 5. The summed E-state index contributed by atoms with van der Waals surface area (Å²) in [5, 5.41) is 9.42. The molecule has 8 heteroatoms. The van der Waals surface area contributed by atoms with Crippen LogP contribution in [0.3, 0.4) is 0 Å². The van der Waals surface area contributed by atoms with Crippen LogP contribution in [0.2, 0.25) is 0 Å². The van der Waals surface area contributed by atoms with Gasteiger partial charge < -0.3 is 14.6 Å². The lowest BCUT2D eigenvalue weighted by Crippen LogP contribution is -2.48. The van der Waals surface area contributed by atoms with E-state index >= 15 is 0 Å². The van der Waals surface area contributed by atoms with Crippen molar-refractivity contribution in [2.45, 2.75) is 25.8 Å². The topological polar surface area (TPSA) is 82.8 Å². The molecule has 0 unspecified atom stereocenters. The number of carbonyl (C=O) groups excluding carboxylic acids is 1. The number of halogens is 1. The average Bonchev–Trinajstić information content (AvgIpc) is 3.47. The van der Waals surface area contributed by atoms with E-state index in [1.807, 2.05) is 9.80 Å². The van der Waals surface area contributed by atoms with E-state index in [0.717, 1.165) is 12.8 Å². The number of hydrogen-bond donors (Lipinski definition) is 1. The summed E-state index contributed by atoms with van der Waals surface area (Å²) in [6.07, 6.45) is 3.21. The van der Waals surface area contributed by atoms with E-state index in [4.69, 9.17) is 0 Å². The molecule has 148 valence electrons. The molecule has 7 nitrogen and oxygen atoms in total. The molecule has 28 heavy (non-hydrogen) atoms. The summed E-state index contributed by atoms with van der Waals surface area (Å²) in [5.41, 5.74) is -0.00700. The van der Waals surface area contributed by atoms with Gasteiger partial charge in [0.05, 0.1) is 17.7 Å². The summed E-state index contributed by atoms with van der Waals surface area (Å²) in [5.74, 6) is -1.73. The standard InChI is InChI=1S/C20H22FN3O4/c1-12(25)10-22-4-6-23(7-5-22)18-9-17-14(8-16(18)21)19(26)15(20(27)28)11-24(17)13-2-3-13/h8-9,11,13H,2-7,10H2,1H3,(H,27,28). The second-order valence-corrected chi connectivity index (χ2v) is 7.60. The van der Waals surface area contributed by atoms with Gasteiger partial charge in [-0.1, -0.05) is 0 Å².